The molecule has 0 unspecified atom stereocenters. The molecule has 1 N–H and O–H groups in total. The molecule has 1 amide bonds. The molecule has 4 nitrogen and oxygen atoms in total. The van der Waals surface area contributed by atoms with Gasteiger partial charge in [-0.2, -0.15) is 0 Å². The summed E-state index contributed by atoms with van der Waals surface area (Å²) in [4.78, 5) is 14.8. The Labute approximate surface area is 115 Å². The maximum absolute atomic E-state index is 12.9. The number of nitrogens with one attached hydrogen (secondary N) is 1. The molecule has 0 bridgehead atoms. The lowest BCUT2D eigenvalue weighted by atomic mass is 9.78. The third-order valence-electron chi connectivity index (χ3n) is 4.18. The number of amides is 1. The largest absolute Gasteiger partial charge is 0.384 e. The summed E-state index contributed by atoms with van der Waals surface area (Å²) in [6.07, 6.45) is 9.56. The molecular formula is C15H24N2O2. The Bertz CT molecular complexity index is 346. The molecule has 0 aromatic heterocycles. The van der Waals surface area contributed by atoms with E-state index in [9.17, 15) is 4.79 Å². The standard InChI is InChI=1S/C15H24N2O2/c1-3-10-17(11-13-4-5-13)14(18)15(12-19-2)6-8-16-9-7-15/h1,13,16H,4-12H2,2H3. The number of hydrogen-bond donors (Lipinski definition) is 1. The van der Waals surface area contributed by atoms with Crippen molar-refractivity contribution in [2.75, 3.05) is 39.9 Å². The number of nitrogens with zero attached hydrogens (tertiary/aromatic N) is 1. The Morgan fingerprint density at radius 1 is 1.47 bits per heavy atom. The highest BCUT2D eigenvalue weighted by molar-refractivity contribution is 5.83. The molecule has 1 heterocycles. The van der Waals surface area contributed by atoms with Crippen molar-refractivity contribution < 1.29 is 9.53 Å². The average molecular weight is 264 g/mol. The van der Waals surface area contributed by atoms with Gasteiger partial charge in [0.2, 0.25) is 5.91 Å². The lowest BCUT2D eigenvalue weighted by Crippen LogP contribution is -2.52. The summed E-state index contributed by atoms with van der Waals surface area (Å²) in [5.74, 6) is 3.49. The van der Waals surface area contributed by atoms with E-state index in [1.807, 2.05) is 4.90 Å². The molecule has 0 atom stereocenters. The van der Waals surface area contributed by atoms with Crippen LogP contribution in [0.5, 0.6) is 0 Å². The van der Waals surface area contributed by atoms with Crippen LogP contribution in [0.2, 0.25) is 0 Å². The number of piperidine rings is 1. The topological polar surface area (TPSA) is 41.6 Å². The summed E-state index contributed by atoms with van der Waals surface area (Å²) in [7, 11) is 1.67. The number of hydrogen-bond acceptors (Lipinski definition) is 3. The lowest BCUT2D eigenvalue weighted by molar-refractivity contribution is -0.147. The predicted octanol–water partition coefficient (Wildman–Crippen LogP) is 0.874. The predicted molar refractivity (Wildman–Crippen MR) is 74.5 cm³/mol. The minimum atomic E-state index is -0.369. The number of ether oxygens (including phenoxy) is 1. The Balaban J connectivity index is 2.08. The maximum Gasteiger partial charge on any atom is 0.232 e. The molecule has 2 fully saturated rings. The van der Waals surface area contributed by atoms with E-state index in [0.717, 1.165) is 32.5 Å². The van der Waals surface area contributed by atoms with Gasteiger partial charge in [0.1, 0.15) is 0 Å². The molecule has 1 saturated heterocycles. The van der Waals surface area contributed by atoms with Crippen molar-refractivity contribution in [1.29, 1.82) is 0 Å². The third-order valence-corrected chi connectivity index (χ3v) is 4.18. The van der Waals surface area contributed by atoms with E-state index in [1.165, 1.54) is 12.8 Å². The van der Waals surface area contributed by atoms with Crippen LogP contribution < -0.4 is 5.32 Å². The fourth-order valence-corrected chi connectivity index (χ4v) is 2.88. The van der Waals surface area contributed by atoms with Crippen LogP contribution in [0.25, 0.3) is 0 Å². The van der Waals surface area contributed by atoms with Crippen molar-refractivity contribution in [3.8, 4) is 12.3 Å². The second-order valence-corrected chi connectivity index (χ2v) is 5.80. The van der Waals surface area contributed by atoms with Crippen LogP contribution in [0.3, 0.4) is 0 Å². The highest BCUT2D eigenvalue weighted by Gasteiger charge is 2.43. The Hall–Kier alpha value is -1.05. The molecule has 0 radical (unpaired) electrons. The van der Waals surface area contributed by atoms with E-state index in [1.54, 1.807) is 7.11 Å². The van der Waals surface area contributed by atoms with Crippen LogP contribution in [-0.4, -0.2) is 50.7 Å². The monoisotopic (exact) mass is 264 g/mol. The molecule has 1 aliphatic heterocycles. The average Bonchev–Trinajstić information content (AvgIpc) is 3.23. The van der Waals surface area contributed by atoms with Gasteiger partial charge in [0, 0.05) is 13.7 Å². The smallest absolute Gasteiger partial charge is 0.232 e. The quantitative estimate of drug-likeness (QED) is 0.724. The van der Waals surface area contributed by atoms with E-state index in [4.69, 9.17) is 11.2 Å². The first kappa shape index (κ1) is 14.4. The first-order valence-electron chi connectivity index (χ1n) is 7.14. The maximum atomic E-state index is 12.9. The van der Waals surface area contributed by atoms with Gasteiger partial charge >= 0.3 is 0 Å². The van der Waals surface area contributed by atoms with E-state index in [0.29, 0.717) is 19.1 Å². The zero-order chi connectivity index (χ0) is 13.7. The van der Waals surface area contributed by atoms with E-state index in [-0.39, 0.29) is 11.3 Å². The van der Waals surface area contributed by atoms with Crippen molar-refractivity contribution >= 4 is 5.91 Å². The zero-order valence-corrected chi connectivity index (χ0v) is 11.8. The summed E-state index contributed by atoms with van der Waals surface area (Å²) in [5.41, 5.74) is -0.369. The summed E-state index contributed by atoms with van der Waals surface area (Å²) in [6.45, 7) is 3.50. The summed E-state index contributed by atoms with van der Waals surface area (Å²) in [6, 6.07) is 0. The molecule has 106 valence electrons. The molecule has 0 aromatic rings. The summed E-state index contributed by atoms with van der Waals surface area (Å²) in [5, 5.41) is 3.31. The first-order chi connectivity index (χ1) is 9.22. The fraction of sp³-hybridized carbons (Fsp3) is 0.800. The number of carbonyl (C=O) groups excluding carboxylic acids is 1. The normalized spacial score (nSPS) is 21.7. The molecule has 0 aromatic carbocycles. The Morgan fingerprint density at radius 2 is 2.16 bits per heavy atom. The molecule has 2 rings (SSSR count). The van der Waals surface area contributed by atoms with Gasteiger partial charge in [0.15, 0.2) is 0 Å². The van der Waals surface area contributed by atoms with Crippen LogP contribution in [0.4, 0.5) is 0 Å². The van der Waals surface area contributed by atoms with Gasteiger partial charge in [-0.3, -0.25) is 4.79 Å². The third kappa shape index (κ3) is 3.49. The van der Waals surface area contributed by atoms with E-state index >= 15 is 0 Å². The Kier molecular flexibility index (Phi) is 4.84. The Morgan fingerprint density at radius 3 is 2.68 bits per heavy atom. The minimum Gasteiger partial charge on any atom is -0.384 e. The number of carbonyl (C=O) groups is 1. The van der Waals surface area contributed by atoms with Gasteiger partial charge in [0.05, 0.1) is 18.6 Å². The highest BCUT2D eigenvalue weighted by atomic mass is 16.5. The van der Waals surface area contributed by atoms with Crippen LogP contribution in [0, 0.1) is 23.7 Å². The summed E-state index contributed by atoms with van der Waals surface area (Å²) >= 11 is 0. The molecule has 19 heavy (non-hydrogen) atoms. The van der Waals surface area contributed by atoms with Crippen LogP contribution in [0.15, 0.2) is 0 Å². The second kappa shape index (κ2) is 6.40. The molecular weight excluding hydrogens is 240 g/mol. The molecule has 1 saturated carbocycles. The first-order valence-corrected chi connectivity index (χ1v) is 7.14. The molecule has 4 heteroatoms. The van der Waals surface area contributed by atoms with Crippen molar-refractivity contribution in [3.63, 3.8) is 0 Å². The van der Waals surface area contributed by atoms with Crippen LogP contribution >= 0.6 is 0 Å². The SMILES string of the molecule is C#CCN(CC1CC1)C(=O)C1(COC)CCNCC1. The van der Waals surface area contributed by atoms with Gasteiger partial charge in [0.25, 0.3) is 0 Å². The zero-order valence-electron chi connectivity index (χ0n) is 11.8. The van der Waals surface area contributed by atoms with Gasteiger partial charge in [-0.1, -0.05) is 5.92 Å². The molecule has 2 aliphatic rings. The molecule has 0 spiro atoms. The van der Waals surface area contributed by atoms with Crippen molar-refractivity contribution in [2.45, 2.75) is 25.7 Å². The lowest BCUT2D eigenvalue weighted by Gasteiger charge is -2.39. The van der Waals surface area contributed by atoms with Gasteiger partial charge in [-0.15, -0.1) is 6.42 Å². The minimum absolute atomic E-state index is 0.195. The van der Waals surface area contributed by atoms with E-state index < -0.39 is 0 Å². The van der Waals surface area contributed by atoms with Crippen molar-refractivity contribution in [1.82, 2.24) is 10.2 Å². The molecule has 1 aliphatic carbocycles. The van der Waals surface area contributed by atoms with Crippen LogP contribution in [0.1, 0.15) is 25.7 Å². The number of rotatable bonds is 6. The second-order valence-electron chi connectivity index (χ2n) is 5.80. The van der Waals surface area contributed by atoms with Crippen LogP contribution in [-0.2, 0) is 9.53 Å². The highest BCUT2D eigenvalue weighted by Crippen LogP contribution is 2.35. The van der Waals surface area contributed by atoms with Gasteiger partial charge < -0.3 is 15.0 Å². The van der Waals surface area contributed by atoms with Gasteiger partial charge in [-0.05, 0) is 44.7 Å². The van der Waals surface area contributed by atoms with Crippen molar-refractivity contribution in [3.05, 3.63) is 0 Å². The fourth-order valence-electron chi connectivity index (χ4n) is 2.88. The van der Waals surface area contributed by atoms with Crippen molar-refractivity contribution in [2.24, 2.45) is 11.3 Å². The van der Waals surface area contributed by atoms with E-state index in [2.05, 4.69) is 11.2 Å². The number of methoxy groups -OCH3 is 1. The van der Waals surface area contributed by atoms with Gasteiger partial charge in [-0.25, -0.2) is 0 Å². The summed E-state index contributed by atoms with van der Waals surface area (Å²) < 4.78 is 5.33. The number of terminal acetylenes is 1.